The molecule has 0 radical (unpaired) electrons. The van der Waals surface area contributed by atoms with Crippen LogP contribution in [0.5, 0.6) is 0 Å². The van der Waals surface area contributed by atoms with Crippen LogP contribution in [-0.2, 0) is 0 Å². The van der Waals surface area contributed by atoms with Crippen LogP contribution < -0.4 is 10.2 Å². The van der Waals surface area contributed by atoms with Crippen LogP contribution in [0.15, 0.2) is 54.6 Å². The zero-order valence-electron chi connectivity index (χ0n) is 16.8. The Morgan fingerprint density at radius 3 is 2.41 bits per heavy atom. The number of amides is 1. The van der Waals surface area contributed by atoms with E-state index in [9.17, 15) is 14.9 Å². The summed E-state index contributed by atoms with van der Waals surface area (Å²) in [5.41, 5.74) is 0.973. The molecule has 0 bridgehead atoms. The van der Waals surface area contributed by atoms with Crippen molar-refractivity contribution in [2.24, 2.45) is 0 Å². The molecule has 4 rings (SSSR count). The number of benzene rings is 3. The second kappa shape index (κ2) is 9.28. The van der Waals surface area contributed by atoms with Crippen molar-refractivity contribution in [3.63, 3.8) is 0 Å². The second-order valence-electron chi connectivity index (χ2n) is 7.26. The Hall–Kier alpha value is -2.94. The van der Waals surface area contributed by atoms with Gasteiger partial charge in [-0.15, -0.1) is 0 Å². The average Bonchev–Trinajstić information content (AvgIpc) is 2.79. The molecule has 10 heteroatoms. The summed E-state index contributed by atoms with van der Waals surface area (Å²) in [5.74, 6) is -0.307. The molecule has 3 aromatic rings. The summed E-state index contributed by atoms with van der Waals surface area (Å²) in [7, 11) is 0. The van der Waals surface area contributed by atoms with E-state index in [1.807, 2.05) is 21.9 Å². The summed E-state index contributed by atoms with van der Waals surface area (Å²) >= 11 is 17.6. The predicted molar refractivity (Wildman–Crippen MR) is 131 cm³/mol. The van der Waals surface area contributed by atoms with Gasteiger partial charge in [-0.2, -0.15) is 0 Å². The number of carbonyl (C=O) groups is 1. The number of rotatable bonds is 3. The maximum absolute atomic E-state index is 12.9. The predicted octanol–water partition coefficient (Wildman–Crippen LogP) is 4.89. The fourth-order valence-electron chi connectivity index (χ4n) is 3.77. The molecule has 7 nitrogen and oxygen atoms in total. The number of nitrogens with one attached hydrogen (secondary N) is 1. The first-order valence-corrected chi connectivity index (χ1v) is 11.0. The molecule has 0 atom stereocenters. The third-order valence-electron chi connectivity index (χ3n) is 5.38. The van der Waals surface area contributed by atoms with Crippen LogP contribution >= 0.6 is 35.4 Å². The molecule has 1 fully saturated rings. The van der Waals surface area contributed by atoms with Gasteiger partial charge in [0.1, 0.15) is 5.69 Å². The van der Waals surface area contributed by atoms with E-state index >= 15 is 0 Å². The zero-order valence-corrected chi connectivity index (χ0v) is 19.1. The molecular formula is C22H18Cl2N4O3S. The fraction of sp³-hybridized carbons (Fsp3) is 0.182. The third kappa shape index (κ3) is 4.48. The van der Waals surface area contributed by atoms with Crippen molar-refractivity contribution in [1.82, 2.24) is 10.2 Å². The van der Waals surface area contributed by atoms with Crippen LogP contribution in [0.25, 0.3) is 10.8 Å². The molecule has 1 heterocycles. The van der Waals surface area contributed by atoms with Gasteiger partial charge in [-0.05, 0) is 41.9 Å². The molecule has 3 aromatic carbocycles. The van der Waals surface area contributed by atoms with Crippen LogP contribution in [0.2, 0.25) is 10.0 Å². The van der Waals surface area contributed by atoms with Gasteiger partial charge in [-0.3, -0.25) is 20.2 Å². The number of hydrogen-bond donors (Lipinski definition) is 1. The van der Waals surface area contributed by atoms with Crippen molar-refractivity contribution < 1.29 is 9.72 Å². The SMILES string of the molecule is O=C(NC(=S)N1CCN(c2ccc(Cl)cc2[N+](=O)[O-])CC1)c1cccc2c(Cl)cccc12. The number of piperazine rings is 1. The minimum atomic E-state index is -0.436. The van der Waals surface area contributed by atoms with E-state index < -0.39 is 4.92 Å². The van der Waals surface area contributed by atoms with E-state index in [4.69, 9.17) is 35.4 Å². The van der Waals surface area contributed by atoms with Gasteiger partial charge in [-0.25, -0.2) is 0 Å². The molecular weight excluding hydrogens is 471 g/mol. The van der Waals surface area contributed by atoms with E-state index in [0.717, 1.165) is 10.8 Å². The number of nitrogens with zero attached hydrogens (tertiary/aromatic N) is 3. The van der Waals surface area contributed by atoms with Crippen LogP contribution in [-0.4, -0.2) is 47.0 Å². The monoisotopic (exact) mass is 488 g/mol. The van der Waals surface area contributed by atoms with Gasteiger partial charge in [0, 0.05) is 53.2 Å². The standard InChI is InChI=1S/C22H18Cl2N4O3S/c23-14-7-8-19(20(13-14)28(30)31)26-9-11-27(12-10-26)22(32)25-21(29)17-5-1-4-16-15(17)3-2-6-18(16)24/h1-8,13H,9-12H2,(H,25,29,32). The number of thiocarbonyl (C=S) groups is 1. The third-order valence-corrected chi connectivity index (χ3v) is 6.30. The number of anilines is 1. The van der Waals surface area contributed by atoms with E-state index in [1.165, 1.54) is 6.07 Å². The topological polar surface area (TPSA) is 78.7 Å². The quantitative estimate of drug-likeness (QED) is 0.321. The molecule has 0 unspecified atom stereocenters. The van der Waals surface area contributed by atoms with Gasteiger partial charge in [0.2, 0.25) is 0 Å². The highest BCUT2D eigenvalue weighted by molar-refractivity contribution is 7.80. The van der Waals surface area contributed by atoms with Gasteiger partial charge >= 0.3 is 0 Å². The number of carbonyl (C=O) groups excluding carboxylic acids is 1. The number of halogens is 2. The van der Waals surface area contributed by atoms with Crippen LogP contribution in [0, 0.1) is 10.1 Å². The minimum absolute atomic E-state index is 0.0311. The summed E-state index contributed by atoms with van der Waals surface area (Å²) in [6.45, 7) is 2.06. The van der Waals surface area contributed by atoms with Crippen LogP contribution in [0.3, 0.4) is 0 Å². The molecule has 1 amide bonds. The van der Waals surface area contributed by atoms with Crippen LogP contribution in [0.4, 0.5) is 11.4 Å². The number of fused-ring (bicyclic) bond motifs is 1. The maximum atomic E-state index is 12.9. The molecule has 1 aliphatic rings. The molecule has 0 aliphatic carbocycles. The molecule has 0 aromatic heterocycles. The van der Waals surface area contributed by atoms with E-state index in [1.54, 1.807) is 36.4 Å². The summed E-state index contributed by atoms with van der Waals surface area (Å²) in [4.78, 5) is 27.6. The van der Waals surface area contributed by atoms with Crippen molar-refractivity contribution in [2.45, 2.75) is 0 Å². The molecule has 32 heavy (non-hydrogen) atoms. The van der Waals surface area contributed by atoms with Crippen molar-refractivity contribution in [3.05, 3.63) is 80.3 Å². The Kier molecular flexibility index (Phi) is 6.45. The Morgan fingerprint density at radius 2 is 1.69 bits per heavy atom. The second-order valence-corrected chi connectivity index (χ2v) is 8.49. The normalized spacial score (nSPS) is 13.8. The first-order chi connectivity index (χ1) is 15.3. The van der Waals surface area contributed by atoms with Crippen molar-refractivity contribution in [3.8, 4) is 0 Å². The van der Waals surface area contributed by atoms with E-state index in [0.29, 0.717) is 52.6 Å². The zero-order chi connectivity index (χ0) is 22.8. The first kappa shape index (κ1) is 22.3. The number of nitro benzene ring substituents is 1. The van der Waals surface area contributed by atoms with Crippen molar-refractivity contribution >= 4 is 68.6 Å². The minimum Gasteiger partial charge on any atom is -0.362 e. The van der Waals surface area contributed by atoms with E-state index in [2.05, 4.69) is 5.32 Å². The highest BCUT2D eigenvalue weighted by Gasteiger charge is 2.25. The Morgan fingerprint density at radius 1 is 1.00 bits per heavy atom. The van der Waals surface area contributed by atoms with E-state index in [-0.39, 0.29) is 11.6 Å². The maximum Gasteiger partial charge on any atom is 0.294 e. The molecule has 0 saturated carbocycles. The molecule has 1 N–H and O–H groups in total. The number of nitro groups is 1. The summed E-state index contributed by atoms with van der Waals surface area (Å²) in [6.07, 6.45) is 0. The Balaban J connectivity index is 1.43. The lowest BCUT2D eigenvalue weighted by Gasteiger charge is -2.37. The number of hydrogen-bond acceptors (Lipinski definition) is 5. The summed E-state index contributed by atoms with van der Waals surface area (Å²) in [5, 5.41) is 17.0. The largest absolute Gasteiger partial charge is 0.362 e. The molecule has 164 valence electrons. The molecule has 1 aliphatic heterocycles. The molecule has 1 saturated heterocycles. The average molecular weight is 489 g/mol. The Bertz CT molecular complexity index is 1230. The van der Waals surface area contributed by atoms with Gasteiger partial charge < -0.3 is 9.80 Å². The van der Waals surface area contributed by atoms with Crippen LogP contribution in [0.1, 0.15) is 10.4 Å². The lowest BCUT2D eigenvalue weighted by molar-refractivity contribution is -0.384. The Labute approximate surface area is 199 Å². The first-order valence-electron chi connectivity index (χ1n) is 9.81. The highest BCUT2D eigenvalue weighted by Crippen LogP contribution is 2.31. The summed E-state index contributed by atoms with van der Waals surface area (Å²) < 4.78 is 0. The fourth-order valence-corrected chi connectivity index (χ4v) is 4.45. The summed E-state index contributed by atoms with van der Waals surface area (Å²) in [6, 6.07) is 15.4. The van der Waals surface area contributed by atoms with Gasteiger partial charge in [0.25, 0.3) is 11.6 Å². The molecule has 0 spiro atoms. The van der Waals surface area contributed by atoms with Gasteiger partial charge in [0.15, 0.2) is 5.11 Å². The van der Waals surface area contributed by atoms with Gasteiger partial charge in [-0.1, -0.05) is 47.5 Å². The van der Waals surface area contributed by atoms with Crippen molar-refractivity contribution in [2.75, 3.05) is 31.1 Å². The highest BCUT2D eigenvalue weighted by atomic mass is 35.5. The van der Waals surface area contributed by atoms with Crippen molar-refractivity contribution in [1.29, 1.82) is 0 Å². The lowest BCUT2D eigenvalue weighted by atomic mass is 10.0. The van der Waals surface area contributed by atoms with Gasteiger partial charge in [0.05, 0.1) is 4.92 Å². The smallest absolute Gasteiger partial charge is 0.294 e. The lowest BCUT2D eigenvalue weighted by Crippen LogP contribution is -2.52.